The van der Waals surface area contributed by atoms with Gasteiger partial charge in [0, 0.05) is 48.4 Å². The molecule has 0 saturated carbocycles. The highest BCUT2D eigenvalue weighted by molar-refractivity contribution is 6.08. The van der Waals surface area contributed by atoms with E-state index in [1.54, 1.807) is 40.1 Å². The first-order valence-electron chi connectivity index (χ1n) is 14.2. The van der Waals surface area contributed by atoms with Crippen LogP contribution in [0.5, 0.6) is 0 Å². The van der Waals surface area contributed by atoms with E-state index in [1.165, 1.54) is 0 Å². The Bertz CT molecular complexity index is 1490. The molecule has 1 heterocycles. The van der Waals surface area contributed by atoms with Crippen molar-refractivity contribution in [1.82, 2.24) is 10.2 Å². The molecule has 0 bridgehead atoms. The Hall–Kier alpha value is -4.90. The van der Waals surface area contributed by atoms with Crippen molar-refractivity contribution in [2.45, 2.75) is 45.6 Å². The van der Waals surface area contributed by atoms with Crippen LogP contribution in [-0.4, -0.2) is 48.2 Å². The molecule has 1 atom stereocenters. The molecule has 0 aliphatic carbocycles. The quantitative estimate of drug-likeness (QED) is 0.353. The number of hydrogen-bond donors (Lipinski definition) is 2. The number of carbonyl (C=O) groups excluding carboxylic acids is 4. The molecule has 0 fully saturated rings. The number of rotatable bonds is 9. The van der Waals surface area contributed by atoms with Crippen LogP contribution in [0.1, 0.15) is 70.5 Å². The second-order valence-corrected chi connectivity index (χ2v) is 10.2. The number of anilines is 2. The molecule has 42 heavy (non-hydrogen) atoms. The molecule has 3 aromatic rings. The highest BCUT2D eigenvalue weighted by Crippen LogP contribution is 2.34. The molecule has 216 valence electrons. The van der Waals surface area contributed by atoms with E-state index >= 15 is 0 Å². The summed E-state index contributed by atoms with van der Waals surface area (Å²) in [7, 11) is 0. The van der Waals surface area contributed by atoms with E-state index in [1.807, 2.05) is 56.3 Å². The molecular formula is C34H36N4O4. The van der Waals surface area contributed by atoms with Gasteiger partial charge in [-0.25, -0.2) is 0 Å². The predicted octanol–water partition coefficient (Wildman–Crippen LogP) is 5.11. The standard InChI is InChI=1S/C34H36N4O4/c1-4-22-37(5-2)32(40)21-20-31(39)36-29-14-10-23-38(30-15-9-8-13-28(29)30)34(42)25-16-18-26(19-17-25)35-33(41)27-12-7-6-11-24(27)3/h1,6-9,11-13,15-19,29H,5,10,14,20-23H2,2-3H3,(H,35,41)(H,36,39). The number of carbonyl (C=O) groups is 4. The number of hydrogen-bond acceptors (Lipinski definition) is 4. The van der Waals surface area contributed by atoms with Crippen LogP contribution in [0.4, 0.5) is 11.4 Å². The molecule has 4 amide bonds. The molecule has 0 radical (unpaired) electrons. The van der Waals surface area contributed by atoms with E-state index < -0.39 is 0 Å². The molecule has 0 aromatic heterocycles. The van der Waals surface area contributed by atoms with Crippen molar-refractivity contribution in [3.05, 3.63) is 95.1 Å². The van der Waals surface area contributed by atoms with E-state index in [4.69, 9.17) is 6.42 Å². The summed E-state index contributed by atoms with van der Waals surface area (Å²) >= 11 is 0. The Balaban J connectivity index is 1.43. The molecular weight excluding hydrogens is 528 g/mol. The highest BCUT2D eigenvalue weighted by atomic mass is 16.2. The molecule has 1 unspecified atom stereocenters. The van der Waals surface area contributed by atoms with E-state index in [0.717, 1.165) is 16.8 Å². The number of benzene rings is 3. The van der Waals surface area contributed by atoms with Crippen molar-refractivity contribution >= 4 is 35.0 Å². The molecule has 4 rings (SSSR count). The van der Waals surface area contributed by atoms with Crippen molar-refractivity contribution in [3.63, 3.8) is 0 Å². The minimum absolute atomic E-state index is 0.0634. The molecule has 8 heteroatoms. The van der Waals surface area contributed by atoms with Crippen LogP contribution >= 0.6 is 0 Å². The number of aryl methyl sites for hydroxylation is 1. The van der Waals surface area contributed by atoms with Gasteiger partial charge in [0.05, 0.1) is 12.6 Å². The normalized spacial score (nSPS) is 14.1. The van der Waals surface area contributed by atoms with Crippen molar-refractivity contribution in [2.75, 3.05) is 29.9 Å². The smallest absolute Gasteiger partial charge is 0.258 e. The molecule has 3 aromatic carbocycles. The average Bonchev–Trinajstić information content (AvgIpc) is 3.18. The van der Waals surface area contributed by atoms with Gasteiger partial charge in [0.15, 0.2) is 0 Å². The fraction of sp³-hybridized carbons (Fsp3) is 0.294. The van der Waals surface area contributed by atoms with E-state index in [2.05, 4.69) is 16.6 Å². The summed E-state index contributed by atoms with van der Waals surface area (Å²) in [6.45, 7) is 4.94. The third-order valence-electron chi connectivity index (χ3n) is 7.42. The summed E-state index contributed by atoms with van der Waals surface area (Å²) in [4.78, 5) is 54.9. The van der Waals surface area contributed by atoms with Crippen LogP contribution in [0.2, 0.25) is 0 Å². The second kappa shape index (κ2) is 14.1. The summed E-state index contributed by atoms with van der Waals surface area (Å²) in [5.41, 5.74) is 4.16. The Morgan fingerprint density at radius 2 is 1.69 bits per heavy atom. The third kappa shape index (κ3) is 7.24. The van der Waals surface area contributed by atoms with Gasteiger partial charge >= 0.3 is 0 Å². The number of amides is 4. The number of para-hydroxylation sites is 1. The second-order valence-electron chi connectivity index (χ2n) is 10.2. The van der Waals surface area contributed by atoms with Crippen LogP contribution in [0.3, 0.4) is 0 Å². The van der Waals surface area contributed by atoms with Gasteiger partial charge in [-0.15, -0.1) is 6.42 Å². The number of terminal acetylenes is 1. The van der Waals surface area contributed by atoms with Crippen molar-refractivity contribution in [1.29, 1.82) is 0 Å². The lowest BCUT2D eigenvalue weighted by molar-refractivity contribution is -0.133. The van der Waals surface area contributed by atoms with Gasteiger partial charge in [-0.2, -0.15) is 0 Å². The van der Waals surface area contributed by atoms with E-state index in [9.17, 15) is 19.2 Å². The van der Waals surface area contributed by atoms with Gasteiger partial charge in [0.2, 0.25) is 11.8 Å². The van der Waals surface area contributed by atoms with Crippen LogP contribution in [0.15, 0.2) is 72.8 Å². The van der Waals surface area contributed by atoms with E-state index in [-0.39, 0.29) is 49.1 Å². The summed E-state index contributed by atoms with van der Waals surface area (Å²) < 4.78 is 0. The maximum atomic E-state index is 13.7. The van der Waals surface area contributed by atoms with Gasteiger partial charge in [0.1, 0.15) is 0 Å². The van der Waals surface area contributed by atoms with Crippen molar-refractivity contribution in [2.24, 2.45) is 0 Å². The summed E-state index contributed by atoms with van der Waals surface area (Å²) in [5.74, 6) is 1.73. The zero-order chi connectivity index (χ0) is 30.1. The van der Waals surface area contributed by atoms with Crippen LogP contribution in [0, 0.1) is 19.3 Å². The Labute approximate surface area is 247 Å². The highest BCUT2D eigenvalue weighted by Gasteiger charge is 2.28. The monoisotopic (exact) mass is 564 g/mol. The molecule has 0 saturated heterocycles. The lowest BCUT2D eigenvalue weighted by Crippen LogP contribution is -2.34. The minimum Gasteiger partial charge on any atom is -0.349 e. The Morgan fingerprint density at radius 1 is 0.976 bits per heavy atom. The van der Waals surface area contributed by atoms with Gasteiger partial charge in [-0.05, 0) is 74.2 Å². The Kier molecular flexibility index (Phi) is 10.1. The molecule has 2 N–H and O–H groups in total. The first-order valence-corrected chi connectivity index (χ1v) is 14.2. The average molecular weight is 565 g/mol. The molecule has 1 aliphatic rings. The lowest BCUT2D eigenvalue weighted by Gasteiger charge is -2.25. The topological polar surface area (TPSA) is 98.8 Å². The summed E-state index contributed by atoms with van der Waals surface area (Å²) in [6, 6.07) is 21.5. The zero-order valence-electron chi connectivity index (χ0n) is 24.1. The van der Waals surface area contributed by atoms with Crippen LogP contribution in [-0.2, 0) is 9.59 Å². The van der Waals surface area contributed by atoms with Gasteiger partial charge in [-0.3, -0.25) is 19.2 Å². The van der Waals surface area contributed by atoms with Crippen molar-refractivity contribution in [3.8, 4) is 12.3 Å². The first-order chi connectivity index (χ1) is 20.3. The SMILES string of the molecule is C#CCN(CC)C(=O)CCC(=O)NC1CCCN(C(=O)c2ccc(NC(=O)c3ccccc3C)cc2)c2ccccc21. The number of nitrogens with one attached hydrogen (secondary N) is 2. The fourth-order valence-corrected chi connectivity index (χ4v) is 5.13. The fourth-order valence-electron chi connectivity index (χ4n) is 5.13. The van der Waals surface area contributed by atoms with Gasteiger partial charge in [-0.1, -0.05) is 42.3 Å². The molecule has 8 nitrogen and oxygen atoms in total. The lowest BCUT2D eigenvalue weighted by atomic mass is 10.0. The number of nitrogens with zero attached hydrogens (tertiary/aromatic N) is 2. The van der Waals surface area contributed by atoms with Crippen LogP contribution < -0.4 is 15.5 Å². The van der Waals surface area contributed by atoms with Crippen molar-refractivity contribution < 1.29 is 19.2 Å². The number of fused-ring (bicyclic) bond motifs is 1. The molecule has 0 spiro atoms. The summed E-state index contributed by atoms with van der Waals surface area (Å²) in [5, 5.41) is 5.96. The predicted molar refractivity (Wildman–Crippen MR) is 164 cm³/mol. The maximum absolute atomic E-state index is 13.7. The summed E-state index contributed by atoms with van der Waals surface area (Å²) in [6.07, 6.45) is 6.82. The van der Waals surface area contributed by atoms with Gasteiger partial charge < -0.3 is 20.4 Å². The Morgan fingerprint density at radius 3 is 2.40 bits per heavy atom. The zero-order valence-corrected chi connectivity index (χ0v) is 24.1. The van der Waals surface area contributed by atoms with Crippen LogP contribution in [0.25, 0.3) is 0 Å². The largest absolute Gasteiger partial charge is 0.349 e. The maximum Gasteiger partial charge on any atom is 0.258 e. The molecule has 1 aliphatic heterocycles. The van der Waals surface area contributed by atoms with E-state index in [0.29, 0.717) is 42.7 Å². The van der Waals surface area contributed by atoms with Gasteiger partial charge in [0.25, 0.3) is 11.8 Å². The third-order valence-corrected chi connectivity index (χ3v) is 7.42. The minimum atomic E-state index is -0.284. The first kappa shape index (κ1) is 30.1.